The number of anilines is 1. The Kier molecular flexibility index (Phi) is 2.98. The number of carbonyl (C=O) groups is 1. The van der Waals surface area contributed by atoms with E-state index in [0.29, 0.717) is 5.13 Å². The Morgan fingerprint density at radius 1 is 1.67 bits per heavy atom. The number of aromatic nitrogens is 2. The Morgan fingerprint density at radius 2 is 2.42 bits per heavy atom. The smallest absolute Gasteiger partial charge is 0.321 e. The third kappa shape index (κ3) is 2.83. The van der Waals surface area contributed by atoms with Crippen LogP contribution < -0.4 is 10.6 Å². The molecular formula is C6H10N4OS. The van der Waals surface area contributed by atoms with E-state index in [2.05, 4.69) is 20.0 Å². The second-order valence-electron chi connectivity index (χ2n) is 2.50. The predicted octanol–water partition coefficient (Wildman–Crippen LogP) is 1.07. The van der Waals surface area contributed by atoms with Gasteiger partial charge in [0.15, 0.2) is 0 Å². The second kappa shape index (κ2) is 4.01. The van der Waals surface area contributed by atoms with Crippen LogP contribution in [0.5, 0.6) is 0 Å². The van der Waals surface area contributed by atoms with Gasteiger partial charge in [-0.3, -0.25) is 5.32 Å². The van der Waals surface area contributed by atoms with E-state index >= 15 is 0 Å². The maximum absolute atomic E-state index is 11.0. The average molecular weight is 186 g/mol. The van der Waals surface area contributed by atoms with Crippen LogP contribution in [0.15, 0.2) is 6.33 Å². The molecule has 0 saturated carbocycles. The Hall–Kier alpha value is -1.17. The fourth-order valence-corrected chi connectivity index (χ4v) is 1.05. The molecule has 6 heteroatoms. The van der Waals surface area contributed by atoms with Crippen LogP contribution in [0.3, 0.4) is 0 Å². The lowest BCUT2D eigenvalue weighted by atomic mass is 10.4. The summed E-state index contributed by atoms with van der Waals surface area (Å²) in [5.41, 5.74) is 0. The summed E-state index contributed by atoms with van der Waals surface area (Å²) in [5.74, 6) is 0. The number of carbonyl (C=O) groups excluding carboxylic acids is 1. The minimum Gasteiger partial charge on any atom is -0.336 e. The largest absolute Gasteiger partial charge is 0.336 e. The van der Waals surface area contributed by atoms with Crippen LogP contribution in [0, 0.1) is 0 Å². The molecular weight excluding hydrogens is 176 g/mol. The van der Waals surface area contributed by atoms with Crippen LogP contribution in [0.2, 0.25) is 0 Å². The third-order valence-corrected chi connectivity index (χ3v) is 1.58. The van der Waals surface area contributed by atoms with Gasteiger partial charge in [0.05, 0.1) is 0 Å². The normalized spacial score (nSPS) is 9.92. The Labute approximate surface area is 74.4 Å². The highest BCUT2D eigenvalue weighted by molar-refractivity contribution is 7.09. The molecule has 2 amide bonds. The van der Waals surface area contributed by atoms with Crippen LogP contribution in [0.4, 0.5) is 9.93 Å². The number of hydrogen-bond donors (Lipinski definition) is 2. The highest BCUT2D eigenvalue weighted by Gasteiger charge is 2.04. The van der Waals surface area contributed by atoms with Crippen molar-refractivity contribution in [3.63, 3.8) is 0 Å². The topological polar surface area (TPSA) is 66.9 Å². The summed E-state index contributed by atoms with van der Waals surface area (Å²) in [5, 5.41) is 5.73. The van der Waals surface area contributed by atoms with Crippen molar-refractivity contribution in [2.75, 3.05) is 5.32 Å². The zero-order valence-electron chi connectivity index (χ0n) is 6.87. The van der Waals surface area contributed by atoms with E-state index in [1.807, 2.05) is 13.8 Å². The maximum atomic E-state index is 11.0. The molecule has 0 radical (unpaired) electrons. The van der Waals surface area contributed by atoms with Gasteiger partial charge in [0.1, 0.15) is 6.33 Å². The second-order valence-corrected chi connectivity index (χ2v) is 3.28. The van der Waals surface area contributed by atoms with Crippen LogP contribution in [-0.4, -0.2) is 21.4 Å². The van der Waals surface area contributed by atoms with E-state index in [1.54, 1.807) is 0 Å². The van der Waals surface area contributed by atoms with Crippen LogP contribution in [0.1, 0.15) is 13.8 Å². The molecule has 0 aromatic carbocycles. The van der Waals surface area contributed by atoms with Crippen molar-refractivity contribution in [2.45, 2.75) is 19.9 Å². The average Bonchev–Trinajstić information content (AvgIpc) is 2.37. The minimum atomic E-state index is -0.248. The van der Waals surface area contributed by atoms with Gasteiger partial charge in [-0.05, 0) is 13.8 Å². The predicted molar refractivity (Wildman–Crippen MR) is 47.2 cm³/mol. The summed E-state index contributed by atoms with van der Waals surface area (Å²) in [6.07, 6.45) is 1.40. The highest BCUT2D eigenvalue weighted by atomic mass is 32.1. The van der Waals surface area contributed by atoms with Crippen molar-refractivity contribution in [1.82, 2.24) is 14.7 Å². The van der Waals surface area contributed by atoms with Gasteiger partial charge in [0, 0.05) is 17.6 Å². The van der Waals surface area contributed by atoms with Gasteiger partial charge in [-0.2, -0.15) is 4.37 Å². The molecule has 1 aromatic rings. The third-order valence-electron chi connectivity index (χ3n) is 1.00. The molecule has 0 atom stereocenters. The van der Waals surface area contributed by atoms with E-state index < -0.39 is 0 Å². The number of amides is 2. The summed E-state index contributed by atoms with van der Waals surface area (Å²) in [6, 6.07) is -0.125. The molecule has 0 saturated heterocycles. The van der Waals surface area contributed by atoms with E-state index in [0.717, 1.165) is 11.5 Å². The molecule has 0 aliphatic heterocycles. The molecule has 0 spiro atoms. The first-order chi connectivity index (χ1) is 5.68. The van der Waals surface area contributed by atoms with Crippen LogP contribution in [-0.2, 0) is 0 Å². The van der Waals surface area contributed by atoms with Crippen molar-refractivity contribution in [2.24, 2.45) is 0 Å². The molecule has 0 aliphatic rings. The minimum absolute atomic E-state index is 0.123. The van der Waals surface area contributed by atoms with Gasteiger partial charge >= 0.3 is 6.03 Å². The van der Waals surface area contributed by atoms with E-state index in [-0.39, 0.29) is 12.1 Å². The van der Waals surface area contributed by atoms with Crippen molar-refractivity contribution < 1.29 is 4.79 Å². The van der Waals surface area contributed by atoms with Crippen molar-refractivity contribution in [3.05, 3.63) is 6.33 Å². The van der Waals surface area contributed by atoms with E-state index in [4.69, 9.17) is 0 Å². The lowest BCUT2D eigenvalue weighted by Gasteiger charge is -2.06. The number of nitrogens with zero attached hydrogens (tertiary/aromatic N) is 2. The van der Waals surface area contributed by atoms with E-state index in [1.165, 1.54) is 6.33 Å². The first kappa shape index (κ1) is 8.92. The Bertz CT molecular complexity index is 246. The van der Waals surface area contributed by atoms with Gasteiger partial charge in [-0.15, -0.1) is 0 Å². The van der Waals surface area contributed by atoms with Crippen molar-refractivity contribution in [3.8, 4) is 0 Å². The summed E-state index contributed by atoms with van der Waals surface area (Å²) in [7, 11) is 0. The number of urea groups is 1. The Balaban J connectivity index is 2.37. The van der Waals surface area contributed by atoms with Gasteiger partial charge in [-0.1, -0.05) is 0 Å². The molecule has 66 valence electrons. The molecule has 2 N–H and O–H groups in total. The van der Waals surface area contributed by atoms with Crippen LogP contribution in [0.25, 0.3) is 0 Å². The lowest BCUT2D eigenvalue weighted by molar-refractivity contribution is 0.250. The van der Waals surface area contributed by atoms with Crippen LogP contribution >= 0.6 is 11.5 Å². The fourth-order valence-electron chi connectivity index (χ4n) is 0.624. The molecule has 0 bridgehead atoms. The summed E-state index contributed by atoms with van der Waals surface area (Å²) in [4.78, 5) is 14.8. The van der Waals surface area contributed by atoms with Gasteiger partial charge in [0.25, 0.3) is 0 Å². The molecule has 1 rings (SSSR count). The zero-order valence-corrected chi connectivity index (χ0v) is 7.68. The molecule has 1 aromatic heterocycles. The summed E-state index contributed by atoms with van der Waals surface area (Å²) in [6.45, 7) is 3.78. The molecule has 0 fully saturated rings. The van der Waals surface area contributed by atoms with Crippen molar-refractivity contribution in [1.29, 1.82) is 0 Å². The monoisotopic (exact) mass is 186 g/mol. The van der Waals surface area contributed by atoms with E-state index in [9.17, 15) is 4.79 Å². The molecule has 5 nitrogen and oxygen atoms in total. The van der Waals surface area contributed by atoms with Gasteiger partial charge in [-0.25, -0.2) is 9.78 Å². The maximum Gasteiger partial charge on any atom is 0.321 e. The number of nitrogens with one attached hydrogen (secondary N) is 2. The fraction of sp³-hybridized carbons (Fsp3) is 0.500. The first-order valence-electron chi connectivity index (χ1n) is 3.52. The molecule has 0 aliphatic carbocycles. The molecule has 12 heavy (non-hydrogen) atoms. The standard InChI is InChI=1S/C6H10N4OS/c1-4(2)9-5(11)10-6-7-3-8-12-6/h3-4H,1-2H3,(H2,7,8,9,10,11). The molecule has 0 unspecified atom stereocenters. The highest BCUT2D eigenvalue weighted by Crippen LogP contribution is 2.05. The first-order valence-corrected chi connectivity index (χ1v) is 4.30. The summed E-state index contributed by atoms with van der Waals surface area (Å²) < 4.78 is 3.74. The van der Waals surface area contributed by atoms with Gasteiger partial charge in [0.2, 0.25) is 5.13 Å². The van der Waals surface area contributed by atoms with Gasteiger partial charge < -0.3 is 5.32 Å². The number of rotatable bonds is 2. The summed E-state index contributed by atoms with van der Waals surface area (Å²) >= 11 is 1.15. The lowest BCUT2D eigenvalue weighted by Crippen LogP contribution is -2.34. The number of hydrogen-bond acceptors (Lipinski definition) is 4. The zero-order chi connectivity index (χ0) is 8.97. The molecule has 1 heterocycles. The SMILES string of the molecule is CC(C)NC(=O)Nc1ncns1. The van der Waals surface area contributed by atoms with Crippen molar-refractivity contribution >= 4 is 22.7 Å². The Morgan fingerprint density at radius 3 is 2.92 bits per heavy atom. The quantitative estimate of drug-likeness (QED) is 0.726.